The summed E-state index contributed by atoms with van der Waals surface area (Å²) < 4.78 is 27.3. The lowest BCUT2D eigenvalue weighted by Gasteiger charge is -2.16. The number of aliphatic carboxylic acids is 1. The number of hydrogen-bond acceptors (Lipinski definition) is 5. The number of nitrogens with zero attached hydrogens (tertiary/aromatic N) is 1. The quantitative estimate of drug-likeness (QED) is 0.542. The third-order valence-electron chi connectivity index (χ3n) is 3.75. The van der Waals surface area contributed by atoms with Crippen LogP contribution in [0.5, 0.6) is 0 Å². The van der Waals surface area contributed by atoms with Crippen molar-refractivity contribution in [3.8, 4) is 0 Å². The van der Waals surface area contributed by atoms with Crippen molar-refractivity contribution in [3.63, 3.8) is 0 Å². The van der Waals surface area contributed by atoms with E-state index in [4.69, 9.17) is 0 Å². The van der Waals surface area contributed by atoms with E-state index in [2.05, 4.69) is 4.72 Å². The first kappa shape index (κ1) is 20.0. The van der Waals surface area contributed by atoms with Crippen molar-refractivity contribution in [2.45, 2.75) is 39.0 Å². The Bertz CT molecular complexity index is 743. The van der Waals surface area contributed by atoms with Gasteiger partial charge in [-0.25, -0.2) is 13.1 Å². The Morgan fingerprint density at radius 2 is 1.92 bits per heavy atom. The number of carboxylic acids is 1. The van der Waals surface area contributed by atoms with Crippen molar-refractivity contribution >= 4 is 21.7 Å². The Balaban J connectivity index is 3.19. The van der Waals surface area contributed by atoms with Gasteiger partial charge in [0.1, 0.15) is 0 Å². The lowest BCUT2D eigenvalue weighted by Crippen LogP contribution is -2.34. The zero-order valence-corrected chi connectivity index (χ0v) is 14.9. The minimum Gasteiger partial charge on any atom is -0.481 e. The number of rotatable bonds is 8. The third-order valence-corrected chi connectivity index (χ3v) is 5.35. The number of nitro benzene ring substituents is 1. The molecule has 0 heterocycles. The maximum Gasteiger partial charge on any atom is 0.307 e. The minimum absolute atomic E-state index is 0.0747. The van der Waals surface area contributed by atoms with Gasteiger partial charge in [0.05, 0.1) is 10.8 Å². The molecule has 1 rings (SSSR count). The molecule has 0 fully saturated rings. The Hall–Kier alpha value is -2.00. The van der Waals surface area contributed by atoms with Gasteiger partial charge in [-0.15, -0.1) is 0 Å². The molecule has 0 radical (unpaired) electrons. The number of carbonyl (C=O) groups is 1. The molecule has 0 amide bonds. The van der Waals surface area contributed by atoms with Crippen molar-refractivity contribution in [1.82, 2.24) is 4.72 Å². The zero-order valence-electron chi connectivity index (χ0n) is 14.1. The zero-order chi connectivity index (χ0) is 18.7. The number of sulfonamides is 1. The fraction of sp³-hybridized carbons (Fsp3) is 0.533. The first-order valence-electron chi connectivity index (χ1n) is 7.44. The van der Waals surface area contributed by atoms with Crippen LogP contribution in [-0.2, 0) is 14.8 Å². The van der Waals surface area contributed by atoms with Gasteiger partial charge in [0.25, 0.3) is 5.69 Å². The molecule has 0 saturated carbocycles. The maximum absolute atomic E-state index is 12.5. The number of carboxylic acid groups (broad SMARTS) is 1. The van der Waals surface area contributed by atoms with Gasteiger partial charge in [0, 0.05) is 12.6 Å². The number of hydrogen-bond donors (Lipinski definition) is 2. The second-order valence-corrected chi connectivity index (χ2v) is 7.83. The molecule has 0 aromatic heterocycles. The molecule has 134 valence electrons. The predicted molar refractivity (Wildman–Crippen MR) is 88.3 cm³/mol. The standard InChI is InChI=1S/C15H22N2O6S/c1-9(2)7-12(15(18)19)8-16-24(22,23)14-11(4)10(3)5-6-13(14)17(20)21/h5-6,9,12,16H,7-8H2,1-4H3,(H,18,19). The van der Waals surface area contributed by atoms with Crippen LogP contribution in [0.3, 0.4) is 0 Å². The van der Waals surface area contributed by atoms with E-state index in [1.807, 2.05) is 13.8 Å². The van der Waals surface area contributed by atoms with Gasteiger partial charge < -0.3 is 5.11 Å². The van der Waals surface area contributed by atoms with Crippen LogP contribution in [0, 0.1) is 35.8 Å². The predicted octanol–water partition coefficient (Wildman–Crippen LogP) is 2.24. The number of benzene rings is 1. The summed E-state index contributed by atoms with van der Waals surface area (Å²) in [6, 6.07) is 2.62. The Morgan fingerprint density at radius 3 is 2.38 bits per heavy atom. The highest BCUT2D eigenvalue weighted by atomic mass is 32.2. The highest BCUT2D eigenvalue weighted by molar-refractivity contribution is 7.89. The van der Waals surface area contributed by atoms with Crippen LogP contribution in [0.4, 0.5) is 5.69 Å². The molecule has 24 heavy (non-hydrogen) atoms. The Kier molecular flexibility index (Phi) is 6.44. The van der Waals surface area contributed by atoms with Crippen LogP contribution in [0.1, 0.15) is 31.4 Å². The van der Waals surface area contributed by atoms with E-state index in [1.54, 1.807) is 6.92 Å². The third kappa shape index (κ3) is 4.75. The summed E-state index contributed by atoms with van der Waals surface area (Å²) >= 11 is 0. The summed E-state index contributed by atoms with van der Waals surface area (Å²) in [4.78, 5) is 21.2. The molecule has 8 nitrogen and oxygen atoms in total. The van der Waals surface area contributed by atoms with Crippen LogP contribution < -0.4 is 4.72 Å². The number of nitro groups is 1. The summed E-state index contributed by atoms with van der Waals surface area (Å²) in [6.07, 6.45) is 0.298. The van der Waals surface area contributed by atoms with Gasteiger partial charge in [-0.2, -0.15) is 0 Å². The largest absolute Gasteiger partial charge is 0.481 e. The molecule has 0 saturated heterocycles. The average molecular weight is 358 g/mol. The Morgan fingerprint density at radius 1 is 1.33 bits per heavy atom. The van der Waals surface area contributed by atoms with Crippen molar-refractivity contribution in [2.75, 3.05) is 6.54 Å². The van der Waals surface area contributed by atoms with Crippen molar-refractivity contribution in [1.29, 1.82) is 0 Å². The van der Waals surface area contributed by atoms with E-state index >= 15 is 0 Å². The van der Waals surface area contributed by atoms with E-state index in [0.717, 1.165) is 6.07 Å². The topological polar surface area (TPSA) is 127 Å². The maximum atomic E-state index is 12.5. The van der Waals surface area contributed by atoms with Crippen LogP contribution in [0.15, 0.2) is 17.0 Å². The van der Waals surface area contributed by atoms with Crippen molar-refractivity contribution < 1.29 is 23.2 Å². The normalized spacial score (nSPS) is 13.0. The van der Waals surface area contributed by atoms with Crippen LogP contribution in [0.25, 0.3) is 0 Å². The van der Waals surface area contributed by atoms with E-state index in [9.17, 15) is 28.4 Å². The van der Waals surface area contributed by atoms with Gasteiger partial charge in [0.15, 0.2) is 4.90 Å². The molecule has 0 spiro atoms. The number of nitrogens with one attached hydrogen (secondary N) is 1. The molecular formula is C15H22N2O6S. The van der Waals surface area contributed by atoms with E-state index in [-0.39, 0.29) is 18.0 Å². The molecule has 1 atom stereocenters. The van der Waals surface area contributed by atoms with E-state index in [0.29, 0.717) is 12.0 Å². The summed E-state index contributed by atoms with van der Waals surface area (Å²) in [5.41, 5.74) is 0.340. The van der Waals surface area contributed by atoms with Gasteiger partial charge in [0.2, 0.25) is 10.0 Å². The molecule has 0 aliphatic carbocycles. The fourth-order valence-corrected chi connectivity index (χ4v) is 3.93. The van der Waals surface area contributed by atoms with Gasteiger partial charge in [-0.05, 0) is 37.3 Å². The molecule has 0 aliphatic rings. The molecule has 9 heteroatoms. The second-order valence-electron chi connectivity index (χ2n) is 6.13. The fourth-order valence-electron chi connectivity index (χ4n) is 2.38. The highest BCUT2D eigenvalue weighted by Gasteiger charge is 2.30. The molecule has 1 aromatic carbocycles. The van der Waals surface area contributed by atoms with Gasteiger partial charge >= 0.3 is 5.97 Å². The molecule has 2 N–H and O–H groups in total. The highest BCUT2D eigenvalue weighted by Crippen LogP contribution is 2.29. The summed E-state index contributed by atoms with van der Waals surface area (Å²) in [5.74, 6) is -1.93. The van der Waals surface area contributed by atoms with E-state index < -0.39 is 37.4 Å². The van der Waals surface area contributed by atoms with Gasteiger partial charge in [-0.3, -0.25) is 14.9 Å². The van der Waals surface area contributed by atoms with Crippen molar-refractivity contribution in [3.05, 3.63) is 33.4 Å². The van der Waals surface area contributed by atoms with Crippen LogP contribution in [-0.4, -0.2) is 31.0 Å². The van der Waals surface area contributed by atoms with E-state index in [1.165, 1.54) is 13.0 Å². The lowest BCUT2D eigenvalue weighted by molar-refractivity contribution is -0.387. The summed E-state index contributed by atoms with van der Waals surface area (Å²) in [7, 11) is -4.21. The van der Waals surface area contributed by atoms with Crippen LogP contribution >= 0.6 is 0 Å². The Labute approximate surface area is 141 Å². The lowest BCUT2D eigenvalue weighted by atomic mass is 9.98. The SMILES string of the molecule is Cc1ccc([N+](=O)[O-])c(S(=O)(=O)NCC(CC(C)C)C(=O)O)c1C. The summed E-state index contributed by atoms with van der Waals surface area (Å²) in [5, 5.41) is 20.3. The molecule has 1 unspecified atom stereocenters. The molecule has 0 aliphatic heterocycles. The number of aryl methyl sites for hydroxylation is 1. The average Bonchev–Trinajstić information content (AvgIpc) is 2.44. The second kappa shape index (κ2) is 7.71. The van der Waals surface area contributed by atoms with Gasteiger partial charge in [-0.1, -0.05) is 19.9 Å². The summed E-state index contributed by atoms with van der Waals surface area (Å²) in [6.45, 7) is 6.48. The first-order valence-corrected chi connectivity index (χ1v) is 8.92. The molecule has 1 aromatic rings. The minimum atomic E-state index is -4.21. The van der Waals surface area contributed by atoms with Crippen molar-refractivity contribution in [2.24, 2.45) is 11.8 Å². The molecule has 0 bridgehead atoms. The first-order chi connectivity index (χ1) is 11.0. The monoisotopic (exact) mass is 358 g/mol. The van der Waals surface area contributed by atoms with Crippen LogP contribution in [0.2, 0.25) is 0 Å². The smallest absolute Gasteiger partial charge is 0.307 e. The molecular weight excluding hydrogens is 336 g/mol.